The van der Waals surface area contributed by atoms with Crippen LogP contribution in [0.5, 0.6) is 0 Å². The topological polar surface area (TPSA) is 75.6 Å². The fourth-order valence-corrected chi connectivity index (χ4v) is 5.28. The molecule has 0 radical (unpaired) electrons. The lowest BCUT2D eigenvalue weighted by atomic mass is 9.92. The molecule has 2 aliphatic rings. The number of hydrogen-bond donors (Lipinski definition) is 0. The molecule has 172 valence electrons. The average molecular weight is 457 g/mol. The molecule has 0 bridgehead atoms. The van der Waals surface area contributed by atoms with Crippen molar-refractivity contribution in [3.8, 4) is 0 Å². The fourth-order valence-electron chi connectivity index (χ4n) is 4.54. The lowest BCUT2D eigenvalue weighted by Gasteiger charge is -2.37. The Labute approximate surface area is 193 Å². The molecule has 2 aromatic rings. The molecule has 8 heteroatoms. The summed E-state index contributed by atoms with van der Waals surface area (Å²) in [5.41, 5.74) is 2.46. The maximum atomic E-state index is 13.1. The van der Waals surface area contributed by atoms with Crippen LogP contribution in [0.2, 0.25) is 0 Å². The molecule has 2 fully saturated rings. The van der Waals surface area contributed by atoms with Gasteiger partial charge in [-0.15, -0.1) is 0 Å². The van der Waals surface area contributed by atoms with Gasteiger partial charge < -0.3 is 14.5 Å². The second-order valence-electron chi connectivity index (χ2n) is 8.79. The number of aryl methyl sites for hydroxylation is 1. The van der Waals surface area contributed by atoms with Gasteiger partial charge >= 0.3 is 5.97 Å². The highest BCUT2D eigenvalue weighted by molar-refractivity contribution is 7.09. The Morgan fingerprint density at radius 1 is 1.09 bits per heavy atom. The highest BCUT2D eigenvalue weighted by Crippen LogP contribution is 2.28. The smallest absolute Gasteiger partial charge is 0.310 e. The highest BCUT2D eigenvalue weighted by atomic mass is 32.1. The molecule has 0 aliphatic carbocycles. The normalized spacial score (nSPS) is 19.8. The zero-order valence-corrected chi connectivity index (χ0v) is 19.8. The van der Waals surface area contributed by atoms with E-state index in [1.54, 1.807) is 0 Å². The first kappa shape index (κ1) is 22.7. The number of ether oxygens (including phenoxy) is 1. The van der Waals surface area contributed by atoms with Gasteiger partial charge in [0.15, 0.2) is 0 Å². The van der Waals surface area contributed by atoms with Crippen molar-refractivity contribution in [1.29, 1.82) is 0 Å². The van der Waals surface area contributed by atoms with Crippen LogP contribution in [0.1, 0.15) is 49.6 Å². The second kappa shape index (κ2) is 10.4. The minimum absolute atomic E-state index is 0.0205. The van der Waals surface area contributed by atoms with Crippen molar-refractivity contribution >= 4 is 28.5 Å². The molecule has 4 rings (SSSR count). The first-order valence-corrected chi connectivity index (χ1v) is 12.4. The Bertz CT molecular complexity index is 922. The molecule has 0 spiro atoms. The van der Waals surface area contributed by atoms with Crippen LogP contribution < -0.4 is 4.90 Å². The van der Waals surface area contributed by atoms with Crippen molar-refractivity contribution < 1.29 is 14.3 Å². The number of anilines is 1. The van der Waals surface area contributed by atoms with Crippen LogP contribution in [0.3, 0.4) is 0 Å². The molecule has 1 atom stereocenters. The summed E-state index contributed by atoms with van der Waals surface area (Å²) < 4.78 is 9.71. The summed E-state index contributed by atoms with van der Waals surface area (Å²) in [6, 6.07) is 8.48. The number of aromatic nitrogens is 2. The standard InChI is InChI=1S/C24H32N4O3S/c1-3-31-23(30)20-5-4-12-28(16-20)22(29)19-10-13-27(14-11-19)24-25-21(26-32-24)15-18-8-6-17(2)7-9-18/h6-9,19-20H,3-5,10-16H2,1-2H3. The van der Waals surface area contributed by atoms with E-state index in [0.717, 1.165) is 62.7 Å². The monoisotopic (exact) mass is 456 g/mol. The van der Waals surface area contributed by atoms with Crippen LogP contribution in [0, 0.1) is 18.8 Å². The van der Waals surface area contributed by atoms with Gasteiger partial charge in [0, 0.05) is 50.1 Å². The van der Waals surface area contributed by atoms with Crippen molar-refractivity contribution in [3.63, 3.8) is 0 Å². The van der Waals surface area contributed by atoms with E-state index in [9.17, 15) is 9.59 Å². The van der Waals surface area contributed by atoms with E-state index in [4.69, 9.17) is 9.72 Å². The predicted octanol–water partition coefficient (Wildman–Crippen LogP) is 3.46. The van der Waals surface area contributed by atoms with Gasteiger partial charge in [0.25, 0.3) is 0 Å². The van der Waals surface area contributed by atoms with Gasteiger partial charge in [-0.2, -0.15) is 4.37 Å². The number of hydrogen-bond acceptors (Lipinski definition) is 7. The van der Waals surface area contributed by atoms with Crippen LogP contribution in [-0.2, 0) is 20.7 Å². The van der Waals surface area contributed by atoms with Gasteiger partial charge in [0.05, 0.1) is 12.5 Å². The van der Waals surface area contributed by atoms with Crippen LogP contribution >= 0.6 is 11.5 Å². The van der Waals surface area contributed by atoms with E-state index in [2.05, 4.69) is 40.5 Å². The van der Waals surface area contributed by atoms with Crippen molar-refractivity contribution in [2.24, 2.45) is 11.8 Å². The van der Waals surface area contributed by atoms with Crippen LogP contribution in [0.4, 0.5) is 5.13 Å². The Morgan fingerprint density at radius 3 is 2.56 bits per heavy atom. The number of carbonyl (C=O) groups is 2. The van der Waals surface area contributed by atoms with Gasteiger partial charge in [-0.3, -0.25) is 9.59 Å². The third kappa shape index (κ3) is 5.46. The molecule has 32 heavy (non-hydrogen) atoms. The molecule has 3 heterocycles. The largest absolute Gasteiger partial charge is 0.466 e. The highest BCUT2D eigenvalue weighted by Gasteiger charge is 2.34. The molecule has 0 N–H and O–H groups in total. The zero-order chi connectivity index (χ0) is 22.5. The van der Waals surface area contributed by atoms with Crippen LogP contribution in [0.25, 0.3) is 0 Å². The van der Waals surface area contributed by atoms with Crippen LogP contribution in [-0.4, -0.2) is 58.9 Å². The molecular weight excluding hydrogens is 424 g/mol. The molecule has 1 unspecified atom stereocenters. The first-order valence-electron chi connectivity index (χ1n) is 11.6. The third-order valence-corrected chi connectivity index (χ3v) is 7.22. The number of nitrogens with zero attached hydrogens (tertiary/aromatic N) is 4. The molecule has 1 amide bonds. The Kier molecular flexibility index (Phi) is 7.40. The summed E-state index contributed by atoms with van der Waals surface area (Å²) in [6.45, 7) is 7.15. The lowest BCUT2D eigenvalue weighted by molar-refractivity contribution is -0.152. The first-order chi connectivity index (χ1) is 15.5. The lowest BCUT2D eigenvalue weighted by Crippen LogP contribution is -2.47. The average Bonchev–Trinajstić information content (AvgIpc) is 3.29. The summed E-state index contributed by atoms with van der Waals surface area (Å²) in [4.78, 5) is 34.1. The second-order valence-corrected chi connectivity index (χ2v) is 9.52. The van der Waals surface area contributed by atoms with Crippen LogP contribution in [0.15, 0.2) is 24.3 Å². The maximum Gasteiger partial charge on any atom is 0.310 e. The van der Waals surface area contributed by atoms with Gasteiger partial charge in [0.1, 0.15) is 5.82 Å². The number of esters is 1. The number of likely N-dealkylation sites (tertiary alicyclic amines) is 1. The number of carbonyl (C=O) groups excluding carboxylic acids is 2. The van der Waals surface area contributed by atoms with E-state index in [0.29, 0.717) is 13.2 Å². The van der Waals surface area contributed by atoms with Gasteiger partial charge in [-0.1, -0.05) is 29.8 Å². The Balaban J connectivity index is 1.28. The van der Waals surface area contributed by atoms with Crippen molar-refractivity contribution in [3.05, 3.63) is 41.2 Å². The van der Waals surface area contributed by atoms with Gasteiger partial charge in [-0.05, 0) is 45.1 Å². The quantitative estimate of drug-likeness (QED) is 0.620. The zero-order valence-electron chi connectivity index (χ0n) is 19.0. The molecular formula is C24H32N4O3S. The summed E-state index contributed by atoms with van der Waals surface area (Å²) in [5.74, 6) is 0.715. The number of rotatable bonds is 6. The van der Waals surface area contributed by atoms with Gasteiger partial charge in [0.2, 0.25) is 11.0 Å². The van der Waals surface area contributed by atoms with E-state index in [1.165, 1.54) is 22.7 Å². The minimum atomic E-state index is -0.180. The number of piperidine rings is 2. The van der Waals surface area contributed by atoms with E-state index in [-0.39, 0.29) is 23.7 Å². The van der Waals surface area contributed by atoms with Gasteiger partial charge in [-0.25, -0.2) is 4.98 Å². The fraction of sp³-hybridized carbons (Fsp3) is 0.583. The van der Waals surface area contributed by atoms with Crippen molar-refractivity contribution in [2.45, 2.75) is 46.0 Å². The number of amides is 1. The molecule has 1 aromatic heterocycles. The minimum Gasteiger partial charge on any atom is -0.466 e. The molecule has 2 saturated heterocycles. The van der Waals surface area contributed by atoms with Crippen molar-refractivity contribution in [2.75, 3.05) is 37.7 Å². The molecule has 7 nitrogen and oxygen atoms in total. The Morgan fingerprint density at radius 2 is 1.84 bits per heavy atom. The third-order valence-electron chi connectivity index (χ3n) is 6.41. The Hall–Kier alpha value is -2.48. The summed E-state index contributed by atoms with van der Waals surface area (Å²) in [7, 11) is 0. The molecule has 0 saturated carbocycles. The van der Waals surface area contributed by atoms with Crippen molar-refractivity contribution in [1.82, 2.24) is 14.3 Å². The van der Waals surface area contributed by atoms with E-state index < -0.39 is 0 Å². The molecule has 1 aromatic carbocycles. The summed E-state index contributed by atoms with van der Waals surface area (Å²) in [5, 5.41) is 0.943. The predicted molar refractivity (Wildman–Crippen MR) is 125 cm³/mol. The SMILES string of the molecule is CCOC(=O)C1CCCN(C(=O)C2CCN(c3nc(Cc4ccc(C)cc4)ns3)CC2)C1. The molecule has 2 aliphatic heterocycles. The van der Waals surface area contributed by atoms with E-state index >= 15 is 0 Å². The summed E-state index contributed by atoms with van der Waals surface area (Å²) >= 11 is 1.44. The van der Waals surface area contributed by atoms with E-state index in [1.807, 2.05) is 11.8 Å². The summed E-state index contributed by atoms with van der Waals surface area (Å²) in [6.07, 6.45) is 4.03. The maximum absolute atomic E-state index is 13.1. The number of benzene rings is 1.